The molecule has 118 valence electrons. The molecule has 0 bridgehead atoms. The Hall–Kier alpha value is -2.18. The summed E-state index contributed by atoms with van der Waals surface area (Å²) in [5.74, 6) is 0. The third kappa shape index (κ3) is 3.72. The van der Waals surface area contributed by atoms with Gasteiger partial charge in [-0.2, -0.15) is 5.26 Å². The highest BCUT2D eigenvalue weighted by Gasteiger charge is 2.26. The first-order chi connectivity index (χ1) is 10.3. The molecule has 1 saturated heterocycles. The van der Waals surface area contributed by atoms with E-state index in [2.05, 4.69) is 5.32 Å². The molecular weight excluding hydrogens is 308 g/mol. The number of nitrogens with one attached hydrogen (secondary N) is 1. The maximum atomic E-state index is 11.6. The van der Waals surface area contributed by atoms with Crippen LogP contribution < -0.4 is 5.32 Å². The molecular formula is C13H16N4O4S. The molecule has 1 fully saturated rings. The Bertz CT molecular complexity index is 726. The van der Waals surface area contributed by atoms with E-state index in [-0.39, 0.29) is 17.3 Å². The van der Waals surface area contributed by atoms with Gasteiger partial charge in [-0.1, -0.05) is 0 Å². The molecule has 0 aliphatic carbocycles. The number of nitro groups is 1. The first-order valence-electron chi connectivity index (χ1n) is 6.71. The average molecular weight is 324 g/mol. The number of nitriles is 1. The molecule has 0 spiro atoms. The van der Waals surface area contributed by atoms with Gasteiger partial charge in [0.2, 0.25) is 10.0 Å². The van der Waals surface area contributed by atoms with E-state index in [1.165, 1.54) is 28.8 Å². The molecule has 22 heavy (non-hydrogen) atoms. The third-order valence-corrected chi connectivity index (χ3v) is 4.82. The fraction of sp³-hybridized carbons (Fsp3) is 0.462. The number of anilines is 1. The average Bonchev–Trinajstić information content (AvgIpc) is 2.47. The largest absolute Gasteiger partial charge is 0.380 e. The second-order valence-electron chi connectivity index (χ2n) is 5.20. The fourth-order valence-electron chi connectivity index (χ4n) is 2.45. The van der Waals surface area contributed by atoms with Crippen molar-refractivity contribution < 1.29 is 13.3 Å². The number of nitrogens with zero attached hydrogens (tertiary/aromatic N) is 3. The molecule has 2 rings (SSSR count). The van der Waals surface area contributed by atoms with Crippen molar-refractivity contribution in [2.24, 2.45) is 0 Å². The Morgan fingerprint density at radius 1 is 1.50 bits per heavy atom. The van der Waals surface area contributed by atoms with Crippen LogP contribution in [-0.4, -0.2) is 43.0 Å². The summed E-state index contributed by atoms with van der Waals surface area (Å²) in [5.41, 5.74) is 0.502. The van der Waals surface area contributed by atoms with Gasteiger partial charge in [-0.3, -0.25) is 10.1 Å². The normalized spacial score (nSPS) is 19.4. The maximum absolute atomic E-state index is 11.6. The van der Waals surface area contributed by atoms with Crippen molar-refractivity contribution in [3.8, 4) is 6.07 Å². The summed E-state index contributed by atoms with van der Waals surface area (Å²) in [6.45, 7) is 0.809. The van der Waals surface area contributed by atoms with E-state index >= 15 is 0 Å². The van der Waals surface area contributed by atoms with Crippen molar-refractivity contribution in [2.75, 3.05) is 24.7 Å². The lowest BCUT2D eigenvalue weighted by molar-refractivity contribution is -0.384. The first-order valence-corrected chi connectivity index (χ1v) is 8.56. The molecule has 1 heterocycles. The minimum absolute atomic E-state index is 0.128. The number of benzene rings is 1. The van der Waals surface area contributed by atoms with Crippen LogP contribution in [0, 0.1) is 21.4 Å². The summed E-state index contributed by atoms with van der Waals surface area (Å²) in [6.07, 6.45) is 2.66. The van der Waals surface area contributed by atoms with Gasteiger partial charge in [0.15, 0.2) is 0 Å². The summed E-state index contributed by atoms with van der Waals surface area (Å²) in [6, 6.07) is 5.81. The van der Waals surface area contributed by atoms with Gasteiger partial charge in [-0.05, 0) is 18.9 Å². The van der Waals surface area contributed by atoms with Crippen molar-refractivity contribution in [2.45, 2.75) is 18.9 Å². The summed E-state index contributed by atoms with van der Waals surface area (Å²) < 4.78 is 24.6. The zero-order valence-corrected chi connectivity index (χ0v) is 12.8. The first kappa shape index (κ1) is 16.2. The number of rotatable bonds is 4. The fourth-order valence-corrected chi connectivity index (χ4v) is 3.36. The standard InChI is InChI=1S/C13H16N4O4S/c1-22(20,21)16-6-2-3-11(9-16)15-13-5-4-12(17(18)19)7-10(13)8-14/h4-5,7,11,15H,2-3,6,9H2,1H3. The molecule has 9 heteroatoms. The van der Waals surface area contributed by atoms with Gasteiger partial charge in [0, 0.05) is 31.3 Å². The van der Waals surface area contributed by atoms with E-state index < -0.39 is 14.9 Å². The predicted octanol–water partition coefficient (Wildman–Crippen LogP) is 1.30. The Kier molecular flexibility index (Phi) is 4.63. The maximum Gasteiger partial charge on any atom is 0.270 e. The summed E-state index contributed by atoms with van der Waals surface area (Å²) >= 11 is 0. The number of nitro benzene ring substituents is 1. The van der Waals surface area contributed by atoms with Crippen LogP contribution >= 0.6 is 0 Å². The predicted molar refractivity (Wildman–Crippen MR) is 80.9 cm³/mol. The van der Waals surface area contributed by atoms with Crippen LogP contribution in [0.2, 0.25) is 0 Å². The van der Waals surface area contributed by atoms with Crippen LogP contribution in [0.5, 0.6) is 0 Å². The van der Waals surface area contributed by atoms with Crippen LogP contribution in [0.3, 0.4) is 0 Å². The van der Waals surface area contributed by atoms with Gasteiger partial charge in [-0.15, -0.1) is 0 Å². The van der Waals surface area contributed by atoms with E-state index in [0.29, 0.717) is 18.8 Å². The summed E-state index contributed by atoms with van der Waals surface area (Å²) in [4.78, 5) is 10.2. The number of sulfonamides is 1. The van der Waals surface area contributed by atoms with E-state index in [1.807, 2.05) is 6.07 Å². The topological polar surface area (TPSA) is 116 Å². The summed E-state index contributed by atoms with van der Waals surface area (Å²) in [7, 11) is -3.25. The Balaban J connectivity index is 2.17. The van der Waals surface area contributed by atoms with Gasteiger partial charge in [0.05, 0.1) is 22.4 Å². The highest BCUT2D eigenvalue weighted by Crippen LogP contribution is 2.24. The molecule has 1 aliphatic rings. The van der Waals surface area contributed by atoms with Crippen LogP contribution in [0.15, 0.2) is 18.2 Å². The van der Waals surface area contributed by atoms with Crippen LogP contribution in [0.4, 0.5) is 11.4 Å². The lowest BCUT2D eigenvalue weighted by atomic mass is 10.1. The Morgan fingerprint density at radius 3 is 2.82 bits per heavy atom. The van der Waals surface area contributed by atoms with Gasteiger partial charge in [0.1, 0.15) is 6.07 Å². The smallest absolute Gasteiger partial charge is 0.270 e. The van der Waals surface area contributed by atoms with Crippen molar-refractivity contribution in [3.05, 3.63) is 33.9 Å². The molecule has 0 aromatic heterocycles. The molecule has 0 saturated carbocycles. The molecule has 1 N–H and O–H groups in total. The van der Waals surface area contributed by atoms with Crippen LogP contribution in [0.1, 0.15) is 18.4 Å². The SMILES string of the molecule is CS(=O)(=O)N1CCCC(Nc2ccc([N+](=O)[O-])cc2C#N)C1. The highest BCUT2D eigenvalue weighted by atomic mass is 32.2. The third-order valence-electron chi connectivity index (χ3n) is 3.55. The number of non-ortho nitro benzene ring substituents is 1. The zero-order valence-electron chi connectivity index (χ0n) is 12.0. The Morgan fingerprint density at radius 2 is 2.23 bits per heavy atom. The van der Waals surface area contributed by atoms with Crippen LogP contribution in [-0.2, 0) is 10.0 Å². The molecule has 1 atom stereocenters. The number of hydrogen-bond donors (Lipinski definition) is 1. The number of hydrogen-bond acceptors (Lipinski definition) is 6. The van der Waals surface area contributed by atoms with Gasteiger partial charge in [0.25, 0.3) is 5.69 Å². The quantitative estimate of drug-likeness (QED) is 0.659. The van der Waals surface area contributed by atoms with E-state index in [9.17, 15) is 18.5 Å². The van der Waals surface area contributed by atoms with Crippen molar-refractivity contribution >= 4 is 21.4 Å². The monoisotopic (exact) mass is 324 g/mol. The van der Waals surface area contributed by atoms with E-state index in [4.69, 9.17) is 5.26 Å². The van der Waals surface area contributed by atoms with Crippen molar-refractivity contribution in [3.63, 3.8) is 0 Å². The van der Waals surface area contributed by atoms with Gasteiger partial charge >= 0.3 is 0 Å². The second-order valence-corrected chi connectivity index (χ2v) is 7.19. The number of piperidine rings is 1. The highest BCUT2D eigenvalue weighted by molar-refractivity contribution is 7.88. The molecule has 1 unspecified atom stereocenters. The second kappa shape index (κ2) is 6.29. The van der Waals surface area contributed by atoms with Gasteiger partial charge in [-0.25, -0.2) is 12.7 Å². The molecule has 0 radical (unpaired) electrons. The Labute approximate surface area is 128 Å². The zero-order chi connectivity index (χ0) is 16.3. The lowest BCUT2D eigenvalue weighted by Crippen LogP contribution is -2.44. The minimum atomic E-state index is -3.25. The minimum Gasteiger partial charge on any atom is -0.380 e. The van der Waals surface area contributed by atoms with E-state index in [1.54, 1.807) is 0 Å². The van der Waals surface area contributed by atoms with Crippen LogP contribution in [0.25, 0.3) is 0 Å². The summed E-state index contributed by atoms with van der Waals surface area (Å²) in [5, 5.41) is 23.0. The van der Waals surface area contributed by atoms with E-state index in [0.717, 1.165) is 12.8 Å². The van der Waals surface area contributed by atoms with Crippen molar-refractivity contribution in [1.82, 2.24) is 4.31 Å². The lowest BCUT2D eigenvalue weighted by Gasteiger charge is -2.32. The molecule has 0 amide bonds. The molecule has 1 aliphatic heterocycles. The molecule has 8 nitrogen and oxygen atoms in total. The van der Waals surface area contributed by atoms with Gasteiger partial charge < -0.3 is 5.32 Å². The molecule has 1 aromatic carbocycles. The molecule has 1 aromatic rings. The van der Waals surface area contributed by atoms with Crippen molar-refractivity contribution in [1.29, 1.82) is 5.26 Å².